The van der Waals surface area contributed by atoms with Crippen molar-refractivity contribution in [3.63, 3.8) is 0 Å². The number of thioether (sulfide) groups is 1. The molecule has 5 rings (SSSR count). The number of fused-ring (bicyclic) bond motifs is 2. The Bertz CT molecular complexity index is 1490. The Morgan fingerprint density at radius 2 is 1.85 bits per heavy atom. The van der Waals surface area contributed by atoms with Gasteiger partial charge in [0.05, 0.1) is 21.6 Å². The molecule has 1 aliphatic rings. The highest BCUT2D eigenvalue weighted by Crippen LogP contribution is 2.29. The number of aromatic nitrogens is 4. The highest BCUT2D eigenvalue weighted by Gasteiger charge is 2.26. The van der Waals surface area contributed by atoms with E-state index in [1.54, 1.807) is 40.8 Å². The molecule has 172 valence electrons. The van der Waals surface area contributed by atoms with E-state index < -0.39 is 10.0 Å². The topological polar surface area (TPSA) is 89.6 Å². The van der Waals surface area contributed by atoms with Gasteiger partial charge in [0.15, 0.2) is 5.16 Å². The monoisotopic (exact) mass is 483 g/mol. The van der Waals surface area contributed by atoms with Crippen molar-refractivity contribution >= 4 is 38.5 Å². The molecule has 1 fully saturated rings. The molecule has 33 heavy (non-hydrogen) atoms. The molecular formula is C23H25N5O3S2. The molecule has 1 saturated heterocycles. The van der Waals surface area contributed by atoms with Crippen molar-refractivity contribution in [2.75, 3.05) is 13.1 Å². The molecule has 1 aliphatic heterocycles. The Labute approximate surface area is 196 Å². The van der Waals surface area contributed by atoms with Crippen molar-refractivity contribution in [3.8, 4) is 0 Å². The SMILES string of the molecule is CCn1c(SCc2cc(=O)n3ccccc3n2)nc2cc(S(=O)(=O)N3CCCCC3)ccc21. The van der Waals surface area contributed by atoms with E-state index in [1.807, 2.05) is 19.1 Å². The number of sulfonamides is 1. The number of hydrogen-bond donors (Lipinski definition) is 0. The molecule has 4 aromatic rings. The van der Waals surface area contributed by atoms with Crippen molar-refractivity contribution in [2.24, 2.45) is 0 Å². The first-order chi connectivity index (χ1) is 16.0. The maximum absolute atomic E-state index is 13.1. The van der Waals surface area contributed by atoms with Crippen molar-refractivity contribution in [2.45, 2.75) is 48.5 Å². The summed E-state index contributed by atoms with van der Waals surface area (Å²) in [5, 5.41) is 0.773. The second-order valence-corrected chi connectivity index (χ2v) is 10.9. The van der Waals surface area contributed by atoms with E-state index in [1.165, 1.54) is 16.2 Å². The van der Waals surface area contributed by atoms with Crippen molar-refractivity contribution in [3.05, 3.63) is 64.7 Å². The van der Waals surface area contributed by atoms with Gasteiger partial charge < -0.3 is 4.57 Å². The number of benzene rings is 1. The van der Waals surface area contributed by atoms with Crippen LogP contribution >= 0.6 is 11.8 Å². The molecule has 10 heteroatoms. The van der Waals surface area contributed by atoms with Gasteiger partial charge in [-0.05, 0) is 50.1 Å². The predicted octanol–water partition coefficient (Wildman–Crippen LogP) is 3.53. The zero-order valence-corrected chi connectivity index (χ0v) is 20.0. The van der Waals surface area contributed by atoms with Crippen LogP contribution in [0.4, 0.5) is 0 Å². The largest absolute Gasteiger partial charge is 0.319 e. The van der Waals surface area contributed by atoms with Crippen LogP contribution in [0.25, 0.3) is 16.7 Å². The van der Waals surface area contributed by atoms with Crippen LogP contribution < -0.4 is 5.56 Å². The lowest BCUT2D eigenvalue weighted by Gasteiger charge is -2.25. The van der Waals surface area contributed by atoms with E-state index in [2.05, 4.69) is 9.55 Å². The average Bonchev–Trinajstić information content (AvgIpc) is 3.20. The van der Waals surface area contributed by atoms with Gasteiger partial charge in [0.2, 0.25) is 10.0 Å². The summed E-state index contributed by atoms with van der Waals surface area (Å²) in [6, 6.07) is 12.2. The number of imidazole rings is 1. The summed E-state index contributed by atoms with van der Waals surface area (Å²) in [5.74, 6) is 0.489. The lowest BCUT2D eigenvalue weighted by molar-refractivity contribution is 0.346. The van der Waals surface area contributed by atoms with Crippen LogP contribution in [0.2, 0.25) is 0 Å². The Hall–Kier alpha value is -2.69. The van der Waals surface area contributed by atoms with Gasteiger partial charge in [0, 0.05) is 37.7 Å². The van der Waals surface area contributed by atoms with Crippen LogP contribution in [-0.4, -0.2) is 44.7 Å². The van der Waals surface area contributed by atoms with E-state index in [0.29, 0.717) is 47.1 Å². The number of rotatable bonds is 6. The highest BCUT2D eigenvalue weighted by molar-refractivity contribution is 7.98. The molecule has 0 aliphatic carbocycles. The summed E-state index contributed by atoms with van der Waals surface area (Å²) < 4.78 is 31.3. The maximum Gasteiger partial charge on any atom is 0.258 e. The fourth-order valence-electron chi connectivity index (χ4n) is 4.23. The normalized spacial score (nSPS) is 15.4. The number of hydrogen-bond acceptors (Lipinski definition) is 6. The molecule has 0 atom stereocenters. The third kappa shape index (κ3) is 4.18. The molecule has 0 bridgehead atoms. The third-order valence-corrected chi connectivity index (χ3v) is 8.83. The molecule has 8 nitrogen and oxygen atoms in total. The molecule has 1 aromatic carbocycles. The number of pyridine rings is 1. The number of aryl methyl sites for hydroxylation is 1. The van der Waals surface area contributed by atoms with E-state index >= 15 is 0 Å². The summed E-state index contributed by atoms with van der Waals surface area (Å²) in [4.78, 5) is 22.0. The molecule has 0 amide bonds. The minimum atomic E-state index is -3.51. The van der Waals surface area contributed by atoms with Crippen LogP contribution in [0.3, 0.4) is 0 Å². The summed E-state index contributed by atoms with van der Waals surface area (Å²) in [6.07, 6.45) is 4.58. The zero-order valence-electron chi connectivity index (χ0n) is 18.3. The Balaban J connectivity index is 1.44. The molecule has 0 radical (unpaired) electrons. The lowest BCUT2D eigenvalue weighted by atomic mass is 10.2. The predicted molar refractivity (Wildman–Crippen MR) is 129 cm³/mol. The summed E-state index contributed by atoms with van der Waals surface area (Å²) in [5.41, 5.74) is 2.72. The highest BCUT2D eigenvalue weighted by atomic mass is 32.2. The number of nitrogens with zero attached hydrogens (tertiary/aromatic N) is 5. The minimum absolute atomic E-state index is 0.118. The minimum Gasteiger partial charge on any atom is -0.319 e. The van der Waals surface area contributed by atoms with Crippen molar-refractivity contribution < 1.29 is 8.42 Å². The molecule has 0 N–H and O–H groups in total. The first-order valence-electron chi connectivity index (χ1n) is 11.1. The lowest BCUT2D eigenvalue weighted by Crippen LogP contribution is -2.35. The van der Waals surface area contributed by atoms with Crippen LogP contribution in [0.5, 0.6) is 0 Å². The van der Waals surface area contributed by atoms with Crippen LogP contribution in [0, 0.1) is 0 Å². The van der Waals surface area contributed by atoms with Crippen molar-refractivity contribution in [1.29, 1.82) is 0 Å². The Kier molecular flexibility index (Phi) is 5.98. The van der Waals surface area contributed by atoms with E-state index in [4.69, 9.17) is 4.98 Å². The quantitative estimate of drug-likeness (QED) is 0.390. The van der Waals surface area contributed by atoms with E-state index in [0.717, 1.165) is 29.9 Å². The van der Waals surface area contributed by atoms with Gasteiger partial charge in [-0.2, -0.15) is 4.31 Å². The van der Waals surface area contributed by atoms with Crippen LogP contribution in [-0.2, 0) is 22.3 Å². The van der Waals surface area contributed by atoms with Gasteiger partial charge in [-0.1, -0.05) is 24.2 Å². The fourth-order valence-corrected chi connectivity index (χ4v) is 6.74. The van der Waals surface area contributed by atoms with E-state index in [-0.39, 0.29) is 5.56 Å². The molecule has 0 spiro atoms. The first kappa shape index (κ1) is 22.1. The van der Waals surface area contributed by atoms with Gasteiger partial charge in [-0.15, -0.1) is 0 Å². The summed E-state index contributed by atoms with van der Waals surface area (Å²) in [6.45, 7) is 3.88. The van der Waals surface area contributed by atoms with Crippen LogP contribution in [0.15, 0.2) is 63.5 Å². The number of piperidine rings is 1. The Morgan fingerprint density at radius 3 is 2.64 bits per heavy atom. The van der Waals surface area contributed by atoms with E-state index in [9.17, 15) is 13.2 Å². The fraction of sp³-hybridized carbons (Fsp3) is 0.348. The second kappa shape index (κ2) is 8.92. The second-order valence-electron chi connectivity index (χ2n) is 8.06. The van der Waals surface area contributed by atoms with Gasteiger partial charge in [-0.3, -0.25) is 9.20 Å². The smallest absolute Gasteiger partial charge is 0.258 e. The summed E-state index contributed by atoms with van der Waals surface area (Å²) in [7, 11) is -3.51. The first-order valence-corrected chi connectivity index (χ1v) is 13.5. The summed E-state index contributed by atoms with van der Waals surface area (Å²) >= 11 is 1.49. The maximum atomic E-state index is 13.1. The zero-order chi connectivity index (χ0) is 23.0. The van der Waals surface area contributed by atoms with Gasteiger partial charge >= 0.3 is 0 Å². The molecule has 3 aromatic heterocycles. The average molecular weight is 484 g/mol. The molecular weight excluding hydrogens is 458 g/mol. The van der Waals surface area contributed by atoms with Crippen LogP contribution in [0.1, 0.15) is 31.9 Å². The van der Waals surface area contributed by atoms with Gasteiger partial charge in [0.1, 0.15) is 5.65 Å². The molecule has 0 unspecified atom stereocenters. The molecule has 4 heterocycles. The van der Waals surface area contributed by atoms with Gasteiger partial charge in [0.25, 0.3) is 5.56 Å². The van der Waals surface area contributed by atoms with Crippen molar-refractivity contribution in [1.82, 2.24) is 23.2 Å². The van der Waals surface area contributed by atoms with Gasteiger partial charge in [-0.25, -0.2) is 18.4 Å². The Morgan fingerprint density at radius 1 is 1.03 bits per heavy atom. The molecule has 0 saturated carbocycles. The third-order valence-electron chi connectivity index (χ3n) is 5.93. The standard InChI is InChI=1S/C23H25N5O3S2/c1-2-27-20-10-9-18(33(30,31)26-11-5-3-6-12-26)15-19(20)25-23(27)32-16-17-14-22(29)28-13-7-4-8-21(28)24-17/h4,7-10,13-15H,2-3,5-6,11-12,16H2,1H3.